The summed E-state index contributed by atoms with van der Waals surface area (Å²) in [5, 5.41) is 8.42. The van der Waals surface area contributed by atoms with E-state index in [1.165, 1.54) is 0 Å². The van der Waals surface area contributed by atoms with Crippen LogP contribution in [0.4, 0.5) is 0 Å². The fraction of sp³-hybridized carbons (Fsp3) is 0.417. The largest absolute Gasteiger partial charge is 0.481 e. The molecule has 0 spiro atoms. The fourth-order valence-corrected chi connectivity index (χ4v) is 2.76. The number of carbonyl (C=O) groups is 1. The van der Waals surface area contributed by atoms with Crippen molar-refractivity contribution in [2.45, 2.75) is 19.3 Å². The molecule has 0 heterocycles. The molecule has 0 aliphatic carbocycles. The quantitative estimate of drug-likeness (QED) is 0.802. The van der Waals surface area contributed by atoms with Gasteiger partial charge in [0.2, 0.25) is 0 Å². The van der Waals surface area contributed by atoms with Gasteiger partial charge in [0, 0.05) is 0 Å². The van der Waals surface area contributed by atoms with Crippen molar-refractivity contribution < 1.29 is 18.3 Å². The molecule has 1 aromatic rings. The average molecular weight is 256 g/mol. The minimum atomic E-state index is -3.23. The summed E-state index contributed by atoms with van der Waals surface area (Å²) >= 11 is 0. The summed E-state index contributed by atoms with van der Waals surface area (Å²) in [4.78, 5) is 10.3. The van der Waals surface area contributed by atoms with Gasteiger partial charge >= 0.3 is 5.97 Å². The highest BCUT2D eigenvalue weighted by Crippen LogP contribution is 2.05. The topological polar surface area (TPSA) is 71.4 Å². The summed E-state index contributed by atoms with van der Waals surface area (Å²) in [6.45, 7) is 0. The molecular weight excluding hydrogens is 240 g/mol. The third kappa shape index (κ3) is 6.06. The number of hydrogen-bond acceptors (Lipinski definition) is 3. The standard InChI is InChI=1S/C12H16O4S/c13-12(14)8-10-17(15,16)9-4-7-11-5-2-1-3-6-11/h1-3,5-6H,4,7-10H2,(H,13,14). The Morgan fingerprint density at radius 3 is 2.35 bits per heavy atom. The molecule has 94 valence electrons. The molecular formula is C12H16O4S. The number of rotatable bonds is 7. The Morgan fingerprint density at radius 1 is 1.12 bits per heavy atom. The number of carboxylic acids is 1. The highest BCUT2D eigenvalue weighted by molar-refractivity contribution is 7.91. The maximum absolute atomic E-state index is 11.5. The summed E-state index contributed by atoms with van der Waals surface area (Å²) in [5.41, 5.74) is 1.10. The Hall–Kier alpha value is -1.36. The molecule has 0 amide bonds. The summed E-state index contributed by atoms with van der Waals surface area (Å²) in [6.07, 6.45) is 0.923. The number of carboxylic acid groups (broad SMARTS) is 1. The second kappa shape index (κ2) is 6.39. The van der Waals surface area contributed by atoms with E-state index in [4.69, 9.17) is 5.11 Å². The summed E-state index contributed by atoms with van der Waals surface area (Å²) < 4.78 is 22.9. The van der Waals surface area contributed by atoms with E-state index in [1.807, 2.05) is 30.3 Å². The van der Waals surface area contributed by atoms with Gasteiger partial charge in [0.25, 0.3) is 0 Å². The molecule has 0 saturated heterocycles. The average Bonchev–Trinajstić information content (AvgIpc) is 2.28. The van der Waals surface area contributed by atoms with Crippen molar-refractivity contribution >= 4 is 15.8 Å². The highest BCUT2D eigenvalue weighted by atomic mass is 32.2. The zero-order valence-corrected chi connectivity index (χ0v) is 10.3. The molecule has 0 unspecified atom stereocenters. The van der Waals surface area contributed by atoms with E-state index in [2.05, 4.69) is 0 Å². The van der Waals surface area contributed by atoms with Crippen LogP contribution in [0.15, 0.2) is 30.3 Å². The molecule has 0 radical (unpaired) electrons. The third-order valence-corrected chi connectivity index (χ3v) is 4.13. The van der Waals surface area contributed by atoms with Crippen molar-refractivity contribution in [2.75, 3.05) is 11.5 Å². The minimum absolute atomic E-state index is 0.0508. The predicted octanol–water partition coefficient (Wildman–Crippen LogP) is 1.51. The van der Waals surface area contributed by atoms with Crippen molar-refractivity contribution in [3.8, 4) is 0 Å². The van der Waals surface area contributed by atoms with Crippen LogP contribution in [0.1, 0.15) is 18.4 Å². The highest BCUT2D eigenvalue weighted by Gasteiger charge is 2.12. The van der Waals surface area contributed by atoms with Gasteiger partial charge in [-0.2, -0.15) is 0 Å². The molecule has 4 nitrogen and oxygen atoms in total. The lowest BCUT2D eigenvalue weighted by Crippen LogP contribution is -2.14. The van der Waals surface area contributed by atoms with Crippen LogP contribution in [-0.2, 0) is 21.1 Å². The molecule has 0 saturated carbocycles. The second-order valence-corrected chi connectivity index (χ2v) is 6.19. The number of hydrogen-bond donors (Lipinski definition) is 1. The van der Waals surface area contributed by atoms with Crippen LogP contribution >= 0.6 is 0 Å². The molecule has 0 bridgehead atoms. The van der Waals surface area contributed by atoms with Gasteiger partial charge in [0.05, 0.1) is 17.9 Å². The van der Waals surface area contributed by atoms with Crippen LogP contribution in [0.3, 0.4) is 0 Å². The molecule has 0 atom stereocenters. The van der Waals surface area contributed by atoms with E-state index >= 15 is 0 Å². The lowest BCUT2D eigenvalue weighted by Gasteiger charge is -2.03. The van der Waals surface area contributed by atoms with E-state index in [-0.39, 0.29) is 17.9 Å². The molecule has 0 aliphatic heterocycles. The van der Waals surface area contributed by atoms with Gasteiger partial charge in [0.15, 0.2) is 9.84 Å². The van der Waals surface area contributed by atoms with Gasteiger partial charge in [-0.25, -0.2) is 8.42 Å². The first kappa shape index (κ1) is 13.7. The zero-order valence-electron chi connectivity index (χ0n) is 9.50. The van der Waals surface area contributed by atoms with Gasteiger partial charge < -0.3 is 5.11 Å². The summed E-state index contributed by atoms with van der Waals surface area (Å²) in [5.74, 6) is -1.29. The lowest BCUT2D eigenvalue weighted by atomic mass is 10.1. The Bertz CT molecular complexity index is 451. The van der Waals surface area contributed by atoms with Crippen LogP contribution in [0.2, 0.25) is 0 Å². The zero-order chi connectivity index (χ0) is 12.7. The van der Waals surface area contributed by atoms with E-state index in [0.29, 0.717) is 12.8 Å². The van der Waals surface area contributed by atoms with Crippen molar-refractivity contribution in [2.24, 2.45) is 0 Å². The molecule has 17 heavy (non-hydrogen) atoms. The van der Waals surface area contributed by atoms with E-state index in [1.54, 1.807) is 0 Å². The first-order chi connectivity index (χ1) is 7.99. The van der Waals surface area contributed by atoms with Crippen molar-refractivity contribution in [3.05, 3.63) is 35.9 Å². The van der Waals surface area contributed by atoms with E-state index < -0.39 is 15.8 Å². The SMILES string of the molecule is O=C(O)CCS(=O)(=O)CCCc1ccccc1. The maximum atomic E-state index is 11.5. The normalized spacial score (nSPS) is 11.3. The minimum Gasteiger partial charge on any atom is -0.481 e. The molecule has 1 rings (SSSR count). The van der Waals surface area contributed by atoms with Gasteiger partial charge in [0.1, 0.15) is 0 Å². The van der Waals surface area contributed by atoms with Gasteiger partial charge in [-0.05, 0) is 18.4 Å². The van der Waals surface area contributed by atoms with Crippen LogP contribution in [-0.4, -0.2) is 31.0 Å². The van der Waals surface area contributed by atoms with Crippen LogP contribution in [0.5, 0.6) is 0 Å². The van der Waals surface area contributed by atoms with Gasteiger partial charge in [-0.1, -0.05) is 30.3 Å². The Morgan fingerprint density at radius 2 is 1.76 bits per heavy atom. The van der Waals surface area contributed by atoms with E-state index in [0.717, 1.165) is 5.56 Å². The van der Waals surface area contributed by atoms with Gasteiger partial charge in [-0.15, -0.1) is 0 Å². The van der Waals surface area contributed by atoms with Gasteiger partial charge in [-0.3, -0.25) is 4.79 Å². The number of aryl methyl sites for hydroxylation is 1. The molecule has 1 N–H and O–H groups in total. The monoisotopic (exact) mass is 256 g/mol. The van der Waals surface area contributed by atoms with Crippen LogP contribution in [0, 0.1) is 0 Å². The number of aliphatic carboxylic acids is 1. The fourth-order valence-electron chi connectivity index (χ4n) is 1.49. The first-order valence-electron chi connectivity index (χ1n) is 5.46. The van der Waals surface area contributed by atoms with E-state index in [9.17, 15) is 13.2 Å². The van der Waals surface area contributed by atoms with Crippen molar-refractivity contribution in [3.63, 3.8) is 0 Å². The Labute approximate surface area is 101 Å². The smallest absolute Gasteiger partial charge is 0.304 e. The molecule has 0 aliphatic rings. The first-order valence-corrected chi connectivity index (χ1v) is 7.28. The van der Waals surface area contributed by atoms with Crippen LogP contribution in [0.25, 0.3) is 0 Å². The summed E-state index contributed by atoms with van der Waals surface area (Å²) in [7, 11) is -3.23. The lowest BCUT2D eigenvalue weighted by molar-refractivity contribution is -0.136. The number of benzene rings is 1. The molecule has 0 aromatic heterocycles. The third-order valence-electron chi connectivity index (χ3n) is 2.39. The molecule has 1 aromatic carbocycles. The molecule has 5 heteroatoms. The van der Waals surface area contributed by atoms with Crippen molar-refractivity contribution in [1.82, 2.24) is 0 Å². The Balaban J connectivity index is 2.33. The summed E-state index contributed by atoms with van der Waals surface area (Å²) in [6, 6.07) is 9.63. The Kier molecular flexibility index (Phi) is 5.15. The van der Waals surface area contributed by atoms with Crippen molar-refractivity contribution in [1.29, 1.82) is 0 Å². The number of sulfone groups is 1. The maximum Gasteiger partial charge on any atom is 0.304 e. The van der Waals surface area contributed by atoms with Crippen LogP contribution < -0.4 is 0 Å². The molecule has 0 fully saturated rings. The second-order valence-electron chi connectivity index (χ2n) is 3.88. The predicted molar refractivity (Wildman–Crippen MR) is 65.7 cm³/mol.